The average Bonchev–Trinajstić information content (AvgIpc) is 4.04. The van der Waals surface area contributed by atoms with Crippen LogP contribution in [0, 0.1) is 6.92 Å². The van der Waals surface area contributed by atoms with Gasteiger partial charge in [0.15, 0.2) is 23.1 Å². The van der Waals surface area contributed by atoms with Crippen molar-refractivity contribution in [1.82, 2.24) is 0 Å². The monoisotopic (exact) mass is 1020 g/mol. The largest absolute Gasteiger partial charge is 0.493 e. The van der Waals surface area contributed by atoms with Crippen molar-refractivity contribution in [2.24, 2.45) is 0 Å². The fourth-order valence-corrected chi connectivity index (χ4v) is 11.3. The summed E-state index contributed by atoms with van der Waals surface area (Å²) in [7, 11) is 3.20. The van der Waals surface area contributed by atoms with Crippen LogP contribution in [-0.4, -0.2) is 108 Å². The first kappa shape index (κ1) is 51.4. The second-order valence-corrected chi connectivity index (χ2v) is 20.0. The Bertz CT molecular complexity index is 2960. The minimum Gasteiger partial charge on any atom is -0.493 e. The number of aryl methyl sites for hydroxylation is 3. The van der Waals surface area contributed by atoms with Crippen LogP contribution in [-0.2, 0) is 72.2 Å². The second-order valence-electron chi connectivity index (χ2n) is 20.0. The molecule has 5 aromatic rings. The maximum atomic E-state index is 14.2. The summed E-state index contributed by atoms with van der Waals surface area (Å²) < 4.78 is 41.3. The van der Waals surface area contributed by atoms with E-state index >= 15 is 0 Å². The fourth-order valence-electron chi connectivity index (χ4n) is 11.3. The first-order chi connectivity index (χ1) is 36.6. The van der Waals surface area contributed by atoms with E-state index in [1.807, 2.05) is 83.5 Å². The van der Waals surface area contributed by atoms with E-state index in [-0.39, 0.29) is 67.9 Å². The van der Waals surface area contributed by atoms with Crippen molar-refractivity contribution in [3.05, 3.63) is 141 Å². The lowest BCUT2D eigenvalue weighted by atomic mass is 9.98. The molecule has 15 nitrogen and oxygen atoms in total. The Kier molecular flexibility index (Phi) is 15.9. The Morgan fingerprint density at radius 1 is 0.600 bits per heavy atom. The van der Waals surface area contributed by atoms with E-state index < -0.39 is 12.1 Å². The molecule has 10 rings (SSSR count). The number of ketones is 2. The van der Waals surface area contributed by atoms with E-state index in [0.29, 0.717) is 87.3 Å². The summed E-state index contributed by atoms with van der Waals surface area (Å²) in [4.78, 5) is 72.1. The van der Waals surface area contributed by atoms with Crippen LogP contribution in [0.15, 0.2) is 91.0 Å². The zero-order chi connectivity index (χ0) is 52.0. The number of methoxy groups -OCH3 is 2. The van der Waals surface area contributed by atoms with Gasteiger partial charge in [0, 0.05) is 79.7 Å². The molecule has 0 radical (unpaired) electrons. The van der Waals surface area contributed by atoms with Crippen LogP contribution in [0.5, 0.6) is 17.2 Å². The smallest absolute Gasteiger partial charge is 0.307 e. The molecule has 2 atom stereocenters. The predicted octanol–water partition coefficient (Wildman–Crippen LogP) is 8.31. The quantitative estimate of drug-likeness (QED) is 0.0371. The summed E-state index contributed by atoms with van der Waals surface area (Å²) in [6.45, 7) is 5.24. The van der Waals surface area contributed by atoms with Crippen LogP contribution in [0.4, 0.5) is 17.1 Å². The third-order valence-electron chi connectivity index (χ3n) is 15.1. The number of carbonyl (C=O) groups excluding carboxylic acids is 5. The van der Waals surface area contributed by atoms with Gasteiger partial charge in [0.05, 0.1) is 40.1 Å². The Balaban J connectivity index is 0.912. The first-order valence-electron chi connectivity index (χ1n) is 26.3. The lowest BCUT2D eigenvalue weighted by Gasteiger charge is -2.26. The zero-order valence-corrected chi connectivity index (χ0v) is 43.1. The number of fused-ring (bicyclic) bond motifs is 8. The maximum absolute atomic E-state index is 14.2. The lowest BCUT2D eigenvalue weighted by Crippen LogP contribution is -2.36. The van der Waals surface area contributed by atoms with Gasteiger partial charge in [-0.25, -0.2) is 0 Å². The van der Waals surface area contributed by atoms with Crippen molar-refractivity contribution in [1.29, 1.82) is 0 Å². The highest BCUT2D eigenvalue weighted by atomic mass is 16.6. The minimum atomic E-state index is -1.32. The lowest BCUT2D eigenvalue weighted by molar-refractivity contribution is -0.157. The molecule has 75 heavy (non-hydrogen) atoms. The molecule has 0 saturated heterocycles. The molecule has 5 aromatic carbocycles. The molecule has 0 spiro atoms. The molecule has 4 aliphatic heterocycles. The molecule has 2 amide bonds. The number of anilines is 3. The number of nitrogens with zero attached hydrogens (tertiary/aromatic N) is 3. The molecule has 0 bridgehead atoms. The van der Waals surface area contributed by atoms with Crippen LogP contribution < -0.4 is 28.9 Å². The van der Waals surface area contributed by atoms with Gasteiger partial charge in [0.25, 0.3) is 11.8 Å². The van der Waals surface area contributed by atoms with E-state index in [2.05, 4.69) is 23.1 Å². The zero-order valence-electron chi connectivity index (χ0n) is 43.1. The molecule has 1 saturated carbocycles. The van der Waals surface area contributed by atoms with Crippen LogP contribution in [0.25, 0.3) is 0 Å². The normalized spacial score (nSPS) is 17.6. The molecular formula is C60H65N3O12. The van der Waals surface area contributed by atoms with Crippen LogP contribution >= 0.6 is 0 Å². The maximum Gasteiger partial charge on any atom is 0.307 e. The molecule has 1 fully saturated rings. The summed E-state index contributed by atoms with van der Waals surface area (Å²) in [6.07, 6.45) is 3.97. The van der Waals surface area contributed by atoms with Crippen molar-refractivity contribution in [2.75, 3.05) is 75.0 Å². The Hall–Kier alpha value is -7.07. The van der Waals surface area contributed by atoms with Gasteiger partial charge in [0.1, 0.15) is 19.0 Å². The van der Waals surface area contributed by atoms with E-state index in [9.17, 15) is 24.0 Å². The van der Waals surface area contributed by atoms with Gasteiger partial charge in [-0.1, -0.05) is 36.4 Å². The summed E-state index contributed by atoms with van der Waals surface area (Å²) >= 11 is 0. The van der Waals surface area contributed by atoms with Crippen molar-refractivity contribution < 1.29 is 57.1 Å². The average molecular weight is 1020 g/mol. The number of hydrogen-bond acceptors (Lipinski definition) is 13. The van der Waals surface area contributed by atoms with Gasteiger partial charge in [-0.2, -0.15) is 0 Å². The molecule has 4 heterocycles. The van der Waals surface area contributed by atoms with Gasteiger partial charge < -0.3 is 47.9 Å². The van der Waals surface area contributed by atoms with Crippen LogP contribution in [0.1, 0.15) is 98.2 Å². The van der Waals surface area contributed by atoms with Gasteiger partial charge in [0.2, 0.25) is 6.10 Å². The SMILES string of the molecule is COCCOCCOCCN(CCCC(=O)OC1C(=O)CCC1=O)c1cc(COc2cc3c(cc2C)C(=O)N2c4ccccc4C[C@H]2CC3)cc(COc2cc3c(cc2OC)C(=O)N2c4ccccc4C[C@H]2CC3)c1. The van der Waals surface area contributed by atoms with Crippen molar-refractivity contribution in [3.8, 4) is 17.2 Å². The number of ether oxygens (including phenoxy) is 7. The van der Waals surface area contributed by atoms with E-state index in [1.54, 1.807) is 20.3 Å². The third kappa shape index (κ3) is 11.3. The molecule has 0 unspecified atom stereocenters. The van der Waals surface area contributed by atoms with E-state index in [1.165, 1.54) is 11.1 Å². The van der Waals surface area contributed by atoms with Crippen LogP contribution in [0.3, 0.4) is 0 Å². The number of rotatable bonds is 22. The number of amides is 2. The number of benzene rings is 5. The van der Waals surface area contributed by atoms with Crippen molar-refractivity contribution >= 4 is 46.4 Å². The molecule has 0 aromatic heterocycles. The number of carbonyl (C=O) groups is 5. The predicted molar refractivity (Wildman–Crippen MR) is 281 cm³/mol. The number of Topliss-reactive ketones (excluding diaryl/α,β-unsaturated/α-hetero) is 2. The highest BCUT2D eigenvalue weighted by Crippen LogP contribution is 2.42. The standard InChI is InChI=1S/C60H65N3O12/c1-38-27-48-41(14-16-45-31-43-9-4-6-11-50(43)62(45)59(48)67)33-54(38)73-36-39-28-40(37-74-56-34-42-15-17-46-32-44-10-5-7-12-51(44)63(46)60(68)49(42)35-55(56)70-3)30-47(29-39)61(21-22-71-25-26-72-24-23-69-2)20-8-13-57(66)75-58-52(64)18-19-53(58)65/h4-7,9-12,27-30,33-35,45-46,58H,8,13-26,31-32,36-37H2,1-3H3/t45-,46-/m1/s1. The topological polar surface area (TPSA) is 160 Å². The summed E-state index contributed by atoms with van der Waals surface area (Å²) in [5.74, 6) is 0.304. The van der Waals surface area contributed by atoms with E-state index in [4.69, 9.17) is 33.2 Å². The summed E-state index contributed by atoms with van der Waals surface area (Å²) in [5, 5.41) is 0. The summed E-state index contributed by atoms with van der Waals surface area (Å²) in [5.41, 5.74) is 10.9. The minimum absolute atomic E-state index is 0.00268. The molecule has 5 aliphatic rings. The Morgan fingerprint density at radius 2 is 1.16 bits per heavy atom. The number of hydrogen-bond donors (Lipinski definition) is 0. The van der Waals surface area contributed by atoms with E-state index in [0.717, 1.165) is 77.0 Å². The number of para-hydroxylation sites is 2. The third-order valence-corrected chi connectivity index (χ3v) is 15.1. The first-order valence-corrected chi connectivity index (χ1v) is 26.3. The van der Waals surface area contributed by atoms with Crippen molar-refractivity contribution in [3.63, 3.8) is 0 Å². The van der Waals surface area contributed by atoms with Gasteiger partial charge in [-0.3, -0.25) is 24.0 Å². The second kappa shape index (κ2) is 23.2. The molecule has 15 heteroatoms. The molecule has 1 aliphatic carbocycles. The number of esters is 1. The molecular weight excluding hydrogens is 955 g/mol. The fraction of sp³-hybridized carbons (Fsp3) is 0.417. The molecule has 392 valence electrons. The highest BCUT2D eigenvalue weighted by Gasteiger charge is 2.40. The van der Waals surface area contributed by atoms with Crippen LogP contribution in [0.2, 0.25) is 0 Å². The highest BCUT2D eigenvalue weighted by molar-refractivity contribution is 6.12. The summed E-state index contributed by atoms with van der Waals surface area (Å²) in [6, 6.07) is 30.3. The Morgan fingerprint density at radius 3 is 1.77 bits per heavy atom. The van der Waals surface area contributed by atoms with Gasteiger partial charge in [-0.15, -0.1) is 0 Å². The van der Waals surface area contributed by atoms with Crippen molar-refractivity contribution in [2.45, 2.75) is 103 Å². The van der Waals surface area contributed by atoms with Gasteiger partial charge in [-0.05, 0) is 145 Å². The van der Waals surface area contributed by atoms with Gasteiger partial charge >= 0.3 is 5.97 Å². The Labute approximate surface area is 437 Å². The molecule has 0 N–H and O–H groups in total.